The van der Waals surface area contributed by atoms with Gasteiger partial charge in [0.2, 0.25) is 0 Å². The summed E-state index contributed by atoms with van der Waals surface area (Å²) < 4.78 is 79.3. The number of alkyl halides is 3. The van der Waals surface area contributed by atoms with Crippen LogP contribution in [0.25, 0.3) is 0 Å². The third-order valence-corrected chi connectivity index (χ3v) is 6.07. The van der Waals surface area contributed by atoms with Crippen LogP contribution in [-0.2, 0) is 38.9 Å². The number of urea groups is 1. The highest BCUT2D eigenvalue weighted by Crippen LogP contribution is 2.31. The van der Waals surface area contributed by atoms with Gasteiger partial charge in [0.05, 0.1) is 25.0 Å². The largest absolute Gasteiger partial charge is 0.467 e. The SMILES string of the molecule is CCOC(=O)CNC(=O)N(Cc1cccc(OS(=O)(=O)c2cccc(C(F)(F)F)c2)c1)Cc1ccco1. The lowest BCUT2D eigenvalue weighted by Crippen LogP contribution is -2.41. The fraction of sp³-hybridized carbons (Fsp3) is 0.250. The van der Waals surface area contributed by atoms with Gasteiger partial charge in [0.25, 0.3) is 0 Å². The summed E-state index contributed by atoms with van der Waals surface area (Å²) in [6.07, 6.45) is -3.30. The average Bonchev–Trinajstić information content (AvgIpc) is 3.35. The van der Waals surface area contributed by atoms with Crippen LogP contribution < -0.4 is 9.50 Å². The minimum Gasteiger partial charge on any atom is -0.467 e. The lowest BCUT2D eigenvalue weighted by Gasteiger charge is -2.22. The van der Waals surface area contributed by atoms with Crippen LogP contribution in [0, 0.1) is 0 Å². The number of rotatable bonds is 10. The minimum absolute atomic E-state index is 0.0231. The van der Waals surface area contributed by atoms with Crippen molar-refractivity contribution in [1.29, 1.82) is 0 Å². The fourth-order valence-corrected chi connectivity index (χ4v) is 4.15. The molecule has 0 spiro atoms. The predicted octanol–water partition coefficient (Wildman–Crippen LogP) is 4.34. The second kappa shape index (κ2) is 11.8. The Labute approximate surface area is 210 Å². The predicted molar refractivity (Wildman–Crippen MR) is 124 cm³/mol. The van der Waals surface area contributed by atoms with Gasteiger partial charge in [-0.15, -0.1) is 0 Å². The third kappa shape index (κ3) is 8.00. The summed E-state index contributed by atoms with van der Waals surface area (Å²) in [6.45, 7) is 1.40. The summed E-state index contributed by atoms with van der Waals surface area (Å²) in [5.74, 6) is -0.338. The number of benzene rings is 2. The van der Waals surface area contributed by atoms with Crippen LogP contribution in [-0.4, -0.2) is 38.5 Å². The van der Waals surface area contributed by atoms with Crippen molar-refractivity contribution in [2.75, 3.05) is 13.2 Å². The maximum Gasteiger partial charge on any atom is 0.416 e. The van der Waals surface area contributed by atoms with Gasteiger partial charge >= 0.3 is 28.3 Å². The average molecular weight is 541 g/mol. The number of carbonyl (C=O) groups excluding carboxylic acids is 2. The molecule has 0 radical (unpaired) electrons. The molecular formula is C24H23F3N2O7S. The van der Waals surface area contributed by atoms with Gasteiger partial charge in [-0.3, -0.25) is 4.79 Å². The van der Waals surface area contributed by atoms with E-state index in [9.17, 15) is 31.2 Å². The van der Waals surface area contributed by atoms with Gasteiger partial charge in [0.15, 0.2) is 0 Å². The van der Waals surface area contributed by atoms with Gasteiger partial charge in [-0.1, -0.05) is 18.2 Å². The molecule has 0 saturated heterocycles. The zero-order valence-corrected chi connectivity index (χ0v) is 20.3. The van der Waals surface area contributed by atoms with E-state index >= 15 is 0 Å². The monoisotopic (exact) mass is 540 g/mol. The number of esters is 1. The van der Waals surface area contributed by atoms with Crippen molar-refractivity contribution in [2.24, 2.45) is 0 Å². The second-order valence-corrected chi connectivity index (χ2v) is 9.16. The zero-order valence-electron chi connectivity index (χ0n) is 19.5. The minimum atomic E-state index is -4.73. The molecule has 0 aliphatic heterocycles. The first-order chi connectivity index (χ1) is 17.5. The van der Waals surface area contributed by atoms with Crippen LogP contribution in [0.2, 0.25) is 0 Å². The molecule has 13 heteroatoms. The van der Waals surface area contributed by atoms with Crippen LogP contribution in [0.15, 0.2) is 76.2 Å². The van der Waals surface area contributed by atoms with Crippen LogP contribution in [0.5, 0.6) is 5.75 Å². The van der Waals surface area contributed by atoms with Gasteiger partial charge in [0, 0.05) is 6.54 Å². The Morgan fingerprint density at radius 3 is 2.46 bits per heavy atom. The first kappa shape index (κ1) is 27.6. The molecule has 0 aliphatic carbocycles. The summed E-state index contributed by atoms with van der Waals surface area (Å²) >= 11 is 0. The molecule has 2 amide bonds. The van der Waals surface area contributed by atoms with Crippen molar-refractivity contribution >= 4 is 22.1 Å². The highest BCUT2D eigenvalue weighted by molar-refractivity contribution is 7.87. The first-order valence-corrected chi connectivity index (χ1v) is 12.3. The molecule has 1 N–H and O–H groups in total. The highest BCUT2D eigenvalue weighted by Gasteiger charge is 2.32. The van der Waals surface area contributed by atoms with Gasteiger partial charge in [-0.25, -0.2) is 4.79 Å². The molecule has 0 unspecified atom stereocenters. The molecule has 37 heavy (non-hydrogen) atoms. The van der Waals surface area contributed by atoms with Crippen LogP contribution >= 0.6 is 0 Å². The quantitative estimate of drug-likeness (QED) is 0.301. The molecule has 2 aromatic carbocycles. The Morgan fingerprint density at radius 1 is 1.03 bits per heavy atom. The number of hydrogen-bond donors (Lipinski definition) is 1. The molecule has 198 valence electrons. The summed E-state index contributed by atoms with van der Waals surface area (Å²) in [6, 6.07) is 11.6. The van der Waals surface area contributed by atoms with Gasteiger partial charge in [-0.05, 0) is 55.0 Å². The Morgan fingerprint density at radius 2 is 1.78 bits per heavy atom. The van der Waals surface area contributed by atoms with Crippen molar-refractivity contribution < 1.29 is 44.5 Å². The molecule has 9 nitrogen and oxygen atoms in total. The number of ether oxygens (including phenoxy) is 1. The van der Waals surface area contributed by atoms with Crippen molar-refractivity contribution in [3.05, 3.63) is 83.8 Å². The van der Waals surface area contributed by atoms with E-state index in [1.54, 1.807) is 25.1 Å². The topological polar surface area (TPSA) is 115 Å². The smallest absolute Gasteiger partial charge is 0.416 e. The highest BCUT2D eigenvalue weighted by atomic mass is 32.2. The van der Waals surface area contributed by atoms with E-state index in [4.69, 9.17) is 13.3 Å². The van der Waals surface area contributed by atoms with Crippen molar-refractivity contribution in [3.63, 3.8) is 0 Å². The van der Waals surface area contributed by atoms with Crippen LogP contribution in [0.3, 0.4) is 0 Å². The van der Waals surface area contributed by atoms with E-state index in [2.05, 4.69) is 5.32 Å². The standard InChI is InChI=1S/C24H23F3N2O7S/c1-2-34-22(30)14-28-23(31)29(16-20-9-5-11-35-20)15-17-6-3-8-19(12-17)36-37(32,33)21-10-4-7-18(13-21)24(25,26)27/h3-13H,2,14-16H2,1H3,(H,28,31). The number of halogens is 3. The molecule has 0 saturated carbocycles. The normalized spacial score (nSPS) is 11.6. The molecule has 3 rings (SSSR count). The Kier molecular flexibility index (Phi) is 8.81. The van der Waals surface area contributed by atoms with E-state index in [-0.39, 0.29) is 32.0 Å². The second-order valence-electron chi connectivity index (χ2n) is 7.61. The molecule has 1 aromatic heterocycles. The zero-order chi connectivity index (χ0) is 27.1. The molecule has 0 atom stereocenters. The van der Waals surface area contributed by atoms with Crippen molar-refractivity contribution in [1.82, 2.24) is 10.2 Å². The number of nitrogens with one attached hydrogen (secondary N) is 1. The summed E-state index contributed by atoms with van der Waals surface area (Å²) in [5, 5.41) is 2.44. The van der Waals surface area contributed by atoms with E-state index in [0.29, 0.717) is 17.4 Å². The van der Waals surface area contributed by atoms with Gasteiger partial charge in [0.1, 0.15) is 22.9 Å². The number of hydrogen-bond acceptors (Lipinski definition) is 7. The number of nitrogens with zero attached hydrogens (tertiary/aromatic N) is 1. The Hall–Kier alpha value is -4.00. The summed E-state index contributed by atoms with van der Waals surface area (Å²) in [4.78, 5) is 25.0. The van der Waals surface area contributed by atoms with Crippen LogP contribution in [0.1, 0.15) is 23.8 Å². The molecule has 0 aliphatic rings. The maximum absolute atomic E-state index is 13.0. The maximum atomic E-state index is 13.0. The van der Waals surface area contributed by atoms with Gasteiger partial charge < -0.3 is 23.6 Å². The first-order valence-electron chi connectivity index (χ1n) is 10.9. The number of furan rings is 1. The molecule has 1 heterocycles. The Balaban J connectivity index is 1.77. The lowest BCUT2D eigenvalue weighted by atomic mass is 10.2. The summed E-state index contributed by atoms with van der Waals surface area (Å²) in [7, 11) is -4.58. The Bertz CT molecular complexity index is 1330. The third-order valence-electron chi connectivity index (χ3n) is 4.83. The van der Waals surface area contributed by atoms with Gasteiger partial charge in [-0.2, -0.15) is 21.6 Å². The fourth-order valence-electron chi connectivity index (χ4n) is 3.18. The molecule has 0 fully saturated rings. The van der Waals surface area contributed by atoms with E-state index in [1.165, 1.54) is 29.4 Å². The van der Waals surface area contributed by atoms with E-state index in [1.807, 2.05) is 0 Å². The summed E-state index contributed by atoms with van der Waals surface area (Å²) in [5.41, 5.74) is -0.692. The molecule has 3 aromatic rings. The van der Waals surface area contributed by atoms with E-state index in [0.717, 1.165) is 18.2 Å². The van der Waals surface area contributed by atoms with Crippen molar-refractivity contribution in [2.45, 2.75) is 31.1 Å². The van der Waals surface area contributed by atoms with Crippen molar-refractivity contribution in [3.8, 4) is 5.75 Å². The number of amides is 2. The molecule has 0 bridgehead atoms. The molecular weight excluding hydrogens is 517 g/mol. The number of carbonyl (C=O) groups is 2. The lowest BCUT2D eigenvalue weighted by molar-refractivity contribution is -0.142. The van der Waals surface area contributed by atoms with Crippen LogP contribution in [0.4, 0.5) is 18.0 Å². The van der Waals surface area contributed by atoms with E-state index < -0.39 is 38.8 Å².